The van der Waals surface area contributed by atoms with Crippen molar-refractivity contribution in [1.29, 1.82) is 0 Å². The van der Waals surface area contributed by atoms with Crippen molar-refractivity contribution in [2.75, 3.05) is 24.9 Å². The molecule has 2 aromatic carbocycles. The van der Waals surface area contributed by atoms with Crippen LogP contribution in [0.5, 0.6) is 11.5 Å². The molecule has 0 aliphatic heterocycles. The van der Waals surface area contributed by atoms with E-state index >= 15 is 0 Å². The number of aryl methyl sites for hydroxylation is 2. The standard InChI is InChI=1S/C25H26N2O4S/c1-15-8-10-16(11-9-15)23(28)27-25-22(18-6-4-5-7-21(18)32-25)24(29)26-19-13-12-17(30-2)14-20(19)31-3/h8-14H,4-7H2,1-3H3,(H,26,29)(H,27,28). The number of fused-ring (bicyclic) bond motifs is 1. The Labute approximate surface area is 191 Å². The lowest BCUT2D eigenvalue weighted by Gasteiger charge is -2.15. The summed E-state index contributed by atoms with van der Waals surface area (Å²) in [5.74, 6) is 0.664. The highest BCUT2D eigenvalue weighted by atomic mass is 32.1. The highest BCUT2D eigenvalue weighted by Crippen LogP contribution is 2.39. The monoisotopic (exact) mass is 450 g/mol. The summed E-state index contributed by atoms with van der Waals surface area (Å²) in [5, 5.41) is 6.54. The number of hydrogen-bond donors (Lipinski definition) is 2. The van der Waals surface area contributed by atoms with Crippen LogP contribution in [0.15, 0.2) is 42.5 Å². The van der Waals surface area contributed by atoms with E-state index in [1.165, 1.54) is 16.2 Å². The van der Waals surface area contributed by atoms with Crippen molar-refractivity contribution < 1.29 is 19.1 Å². The van der Waals surface area contributed by atoms with Crippen molar-refractivity contribution in [3.63, 3.8) is 0 Å². The van der Waals surface area contributed by atoms with Gasteiger partial charge in [-0.3, -0.25) is 9.59 Å². The molecule has 0 bridgehead atoms. The fraction of sp³-hybridized carbons (Fsp3) is 0.280. The van der Waals surface area contributed by atoms with Crippen LogP contribution >= 0.6 is 11.3 Å². The maximum Gasteiger partial charge on any atom is 0.259 e. The molecule has 1 aliphatic carbocycles. The Bertz CT molecular complexity index is 1150. The average molecular weight is 451 g/mol. The largest absolute Gasteiger partial charge is 0.497 e. The third kappa shape index (κ3) is 4.48. The zero-order valence-electron chi connectivity index (χ0n) is 18.4. The van der Waals surface area contributed by atoms with Crippen LogP contribution in [-0.4, -0.2) is 26.0 Å². The number of hydrogen-bond acceptors (Lipinski definition) is 5. The summed E-state index contributed by atoms with van der Waals surface area (Å²) in [6, 6.07) is 12.6. The van der Waals surface area contributed by atoms with Crippen LogP contribution in [0.4, 0.5) is 10.7 Å². The Balaban J connectivity index is 1.65. The summed E-state index contributed by atoms with van der Waals surface area (Å²) in [6.45, 7) is 1.98. The average Bonchev–Trinajstić information content (AvgIpc) is 3.17. The van der Waals surface area contributed by atoms with Gasteiger partial charge in [-0.15, -0.1) is 11.3 Å². The first-order valence-electron chi connectivity index (χ1n) is 10.6. The molecule has 0 saturated heterocycles. The number of rotatable bonds is 6. The first kappa shape index (κ1) is 21.9. The number of thiophene rings is 1. The molecule has 166 valence electrons. The van der Waals surface area contributed by atoms with Crippen LogP contribution in [0.2, 0.25) is 0 Å². The zero-order chi connectivity index (χ0) is 22.7. The van der Waals surface area contributed by atoms with Gasteiger partial charge >= 0.3 is 0 Å². The number of benzene rings is 2. The first-order chi connectivity index (χ1) is 15.5. The normalized spacial score (nSPS) is 12.6. The van der Waals surface area contributed by atoms with Crippen LogP contribution < -0.4 is 20.1 Å². The smallest absolute Gasteiger partial charge is 0.259 e. The van der Waals surface area contributed by atoms with Gasteiger partial charge < -0.3 is 20.1 Å². The quantitative estimate of drug-likeness (QED) is 0.523. The van der Waals surface area contributed by atoms with Crippen LogP contribution in [0.3, 0.4) is 0 Å². The van der Waals surface area contributed by atoms with Gasteiger partial charge in [-0.2, -0.15) is 0 Å². The fourth-order valence-electron chi connectivity index (χ4n) is 3.86. The Hall–Kier alpha value is -3.32. The molecule has 0 unspecified atom stereocenters. The molecular weight excluding hydrogens is 424 g/mol. The van der Waals surface area contributed by atoms with E-state index in [0.717, 1.165) is 36.8 Å². The molecule has 4 rings (SSSR count). The summed E-state index contributed by atoms with van der Waals surface area (Å²) < 4.78 is 10.7. The molecule has 0 spiro atoms. The van der Waals surface area contributed by atoms with Crippen molar-refractivity contribution >= 4 is 33.8 Å². The van der Waals surface area contributed by atoms with E-state index in [1.807, 2.05) is 19.1 Å². The molecule has 2 N–H and O–H groups in total. The summed E-state index contributed by atoms with van der Waals surface area (Å²) >= 11 is 1.50. The number of ether oxygens (including phenoxy) is 2. The summed E-state index contributed by atoms with van der Waals surface area (Å²) in [6.07, 6.45) is 3.87. The van der Waals surface area contributed by atoms with Gasteiger partial charge in [0.25, 0.3) is 11.8 Å². The summed E-state index contributed by atoms with van der Waals surface area (Å²) in [4.78, 5) is 27.5. The Morgan fingerprint density at radius 3 is 2.38 bits per heavy atom. The van der Waals surface area contributed by atoms with Gasteiger partial charge in [0.1, 0.15) is 16.5 Å². The molecule has 0 saturated carbocycles. The second-order valence-electron chi connectivity index (χ2n) is 7.76. The molecule has 7 heteroatoms. The molecule has 2 amide bonds. The van der Waals surface area contributed by atoms with E-state index < -0.39 is 0 Å². The van der Waals surface area contributed by atoms with Crippen molar-refractivity contribution in [2.24, 2.45) is 0 Å². The zero-order valence-corrected chi connectivity index (χ0v) is 19.2. The fourth-order valence-corrected chi connectivity index (χ4v) is 5.14. The number of anilines is 2. The predicted molar refractivity (Wildman–Crippen MR) is 128 cm³/mol. The number of amides is 2. The minimum atomic E-state index is -0.257. The molecule has 1 aromatic heterocycles. The van der Waals surface area contributed by atoms with E-state index in [4.69, 9.17) is 9.47 Å². The SMILES string of the molecule is COc1ccc(NC(=O)c2c(NC(=O)c3ccc(C)cc3)sc3c2CCCC3)c(OC)c1. The van der Waals surface area contributed by atoms with Gasteiger partial charge in [0, 0.05) is 16.5 Å². The lowest BCUT2D eigenvalue weighted by atomic mass is 9.95. The number of methoxy groups -OCH3 is 2. The lowest BCUT2D eigenvalue weighted by molar-refractivity contribution is 0.102. The molecule has 3 aromatic rings. The molecule has 32 heavy (non-hydrogen) atoms. The van der Waals surface area contributed by atoms with E-state index in [1.54, 1.807) is 44.6 Å². The second kappa shape index (κ2) is 9.44. The van der Waals surface area contributed by atoms with Crippen LogP contribution in [0, 0.1) is 6.92 Å². The molecule has 0 atom stereocenters. The van der Waals surface area contributed by atoms with Crippen molar-refractivity contribution in [2.45, 2.75) is 32.6 Å². The van der Waals surface area contributed by atoms with Gasteiger partial charge in [0.05, 0.1) is 25.5 Å². The predicted octanol–water partition coefficient (Wildman–Crippen LogP) is 5.46. The van der Waals surface area contributed by atoms with E-state index in [2.05, 4.69) is 10.6 Å². The minimum absolute atomic E-state index is 0.223. The number of carbonyl (C=O) groups excluding carboxylic acids is 2. The molecule has 0 radical (unpaired) electrons. The first-order valence-corrected chi connectivity index (χ1v) is 11.4. The van der Waals surface area contributed by atoms with Crippen LogP contribution in [0.25, 0.3) is 0 Å². The minimum Gasteiger partial charge on any atom is -0.497 e. The molecular formula is C25H26N2O4S. The summed E-state index contributed by atoms with van der Waals surface area (Å²) in [7, 11) is 3.12. The number of carbonyl (C=O) groups is 2. The third-order valence-electron chi connectivity index (χ3n) is 5.60. The highest BCUT2D eigenvalue weighted by molar-refractivity contribution is 7.17. The molecule has 1 heterocycles. The van der Waals surface area contributed by atoms with Crippen LogP contribution in [-0.2, 0) is 12.8 Å². The van der Waals surface area contributed by atoms with E-state index in [0.29, 0.717) is 33.3 Å². The summed E-state index contributed by atoms with van der Waals surface area (Å²) in [5.41, 5.74) is 3.77. The molecule has 1 aliphatic rings. The van der Waals surface area contributed by atoms with E-state index in [-0.39, 0.29) is 11.8 Å². The van der Waals surface area contributed by atoms with Crippen molar-refractivity contribution in [1.82, 2.24) is 0 Å². The second-order valence-corrected chi connectivity index (χ2v) is 8.86. The highest BCUT2D eigenvalue weighted by Gasteiger charge is 2.27. The molecule has 6 nitrogen and oxygen atoms in total. The van der Waals surface area contributed by atoms with E-state index in [9.17, 15) is 9.59 Å². The topological polar surface area (TPSA) is 76.7 Å². The van der Waals surface area contributed by atoms with Crippen molar-refractivity contribution in [3.05, 3.63) is 69.6 Å². The van der Waals surface area contributed by atoms with Gasteiger partial charge in [-0.05, 0) is 62.4 Å². The number of nitrogens with one attached hydrogen (secondary N) is 2. The lowest BCUT2D eigenvalue weighted by Crippen LogP contribution is -2.19. The van der Waals surface area contributed by atoms with Gasteiger partial charge in [0.2, 0.25) is 0 Å². The Morgan fingerprint density at radius 2 is 1.66 bits per heavy atom. The third-order valence-corrected chi connectivity index (χ3v) is 6.80. The maximum absolute atomic E-state index is 13.4. The van der Waals surface area contributed by atoms with Gasteiger partial charge in [-0.25, -0.2) is 0 Å². The Kier molecular flexibility index (Phi) is 6.46. The van der Waals surface area contributed by atoms with Gasteiger partial charge in [0.15, 0.2) is 0 Å². The van der Waals surface area contributed by atoms with Gasteiger partial charge in [-0.1, -0.05) is 17.7 Å². The Morgan fingerprint density at radius 1 is 0.906 bits per heavy atom. The van der Waals surface area contributed by atoms with Crippen molar-refractivity contribution in [3.8, 4) is 11.5 Å². The maximum atomic E-state index is 13.4. The van der Waals surface area contributed by atoms with Crippen LogP contribution in [0.1, 0.15) is 49.6 Å². The molecule has 0 fully saturated rings.